The number of carbonyl (C=O) groups is 1. The second-order valence-electron chi connectivity index (χ2n) is 9.08. The van der Waals surface area contributed by atoms with Gasteiger partial charge in [0.25, 0.3) is 0 Å². The van der Waals surface area contributed by atoms with Gasteiger partial charge in [-0.25, -0.2) is 4.39 Å². The van der Waals surface area contributed by atoms with Gasteiger partial charge in [0.2, 0.25) is 0 Å². The lowest BCUT2D eigenvalue weighted by Crippen LogP contribution is -2.44. The number of hydrogen-bond acceptors (Lipinski definition) is 6. The first-order valence-corrected chi connectivity index (χ1v) is 13.4. The van der Waals surface area contributed by atoms with Crippen molar-refractivity contribution in [1.82, 2.24) is 0 Å². The molecule has 0 saturated heterocycles. The van der Waals surface area contributed by atoms with Crippen LogP contribution in [0.15, 0.2) is 57.8 Å². The van der Waals surface area contributed by atoms with Gasteiger partial charge in [-0.2, -0.15) is 0 Å². The number of Topliss-reactive ketones (excluding diaryl/α,β-unsaturated/α-hetero) is 1. The van der Waals surface area contributed by atoms with Crippen molar-refractivity contribution in [3.8, 4) is 0 Å². The number of halogens is 1. The number of rotatable bonds is 8. The van der Waals surface area contributed by atoms with Crippen LogP contribution in [0.2, 0.25) is 0 Å². The monoisotopic (exact) mass is 498 g/mol. The molecule has 0 aromatic heterocycles. The summed E-state index contributed by atoms with van der Waals surface area (Å²) in [5.74, 6) is -1.42. The fourth-order valence-corrected chi connectivity index (χ4v) is 6.16. The van der Waals surface area contributed by atoms with Crippen molar-refractivity contribution in [3.05, 3.63) is 71.1 Å². The van der Waals surface area contributed by atoms with Crippen molar-refractivity contribution in [2.24, 2.45) is 4.40 Å². The highest BCUT2D eigenvalue weighted by Gasteiger charge is 2.49. The summed E-state index contributed by atoms with van der Waals surface area (Å²) in [7, 11) is -3.67. The number of nitrogens with zero attached hydrogens (tertiary/aromatic N) is 1. The summed E-state index contributed by atoms with van der Waals surface area (Å²) in [6.07, 6.45) is 5.89. The van der Waals surface area contributed by atoms with Gasteiger partial charge >= 0.3 is 0 Å². The smallest absolute Gasteiger partial charge is 0.180 e. The number of unbranched alkanes of at least 4 members (excludes halogenated alkanes) is 2. The summed E-state index contributed by atoms with van der Waals surface area (Å²) >= 11 is 0. The first-order chi connectivity index (χ1) is 16.7. The van der Waals surface area contributed by atoms with E-state index < -0.39 is 27.8 Å². The molecule has 8 heteroatoms. The Morgan fingerprint density at radius 1 is 1.11 bits per heavy atom. The highest BCUT2D eigenvalue weighted by Crippen LogP contribution is 2.57. The second kappa shape index (κ2) is 9.60. The number of hydrogen-bond donors (Lipinski definition) is 4. The van der Waals surface area contributed by atoms with Gasteiger partial charge in [-0.3, -0.25) is 13.9 Å². The Labute approximate surface area is 206 Å². The van der Waals surface area contributed by atoms with Crippen molar-refractivity contribution in [3.63, 3.8) is 0 Å². The average Bonchev–Trinajstić information content (AvgIpc) is 2.83. The maximum Gasteiger partial charge on any atom is 0.180 e. The van der Waals surface area contributed by atoms with Gasteiger partial charge in [0.15, 0.2) is 11.6 Å². The third kappa shape index (κ3) is 4.30. The largest absolute Gasteiger partial charge is 0.506 e. The van der Waals surface area contributed by atoms with E-state index in [2.05, 4.69) is 16.3 Å². The van der Waals surface area contributed by atoms with E-state index in [0.29, 0.717) is 29.7 Å². The first-order valence-electron chi connectivity index (χ1n) is 11.9. The Bertz CT molecular complexity index is 1240. The lowest BCUT2D eigenvalue weighted by Gasteiger charge is -2.41. The molecule has 0 bridgehead atoms. The average molecular weight is 499 g/mol. The van der Waals surface area contributed by atoms with Crippen LogP contribution < -0.4 is 5.32 Å². The molecule has 0 fully saturated rings. The van der Waals surface area contributed by atoms with E-state index in [4.69, 9.17) is 0 Å². The fraction of sp³-hybridized carbons (Fsp3) is 0.333. The maximum absolute atomic E-state index is 14.3. The zero-order chi connectivity index (χ0) is 25.4. The Kier molecular flexibility index (Phi) is 6.90. The van der Waals surface area contributed by atoms with Crippen LogP contribution in [0.25, 0.3) is 11.8 Å². The molecule has 0 unspecified atom stereocenters. The van der Waals surface area contributed by atoms with E-state index >= 15 is 0 Å². The zero-order valence-electron chi connectivity index (χ0n) is 20.0. The van der Waals surface area contributed by atoms with Crippen LogP contribution in [0.4, 0.5) is 10.1 Å². The number of ketones is 1. The zero-order valence-corrected chi connectivity index (χ0v) is 20.8. The minimum Gasteiger partial charge on any atom is -0.506 e. The molecule has 6 nitrogen and oxygen atoms in total. The van der Waals surface area contributed by atoms with Crippen molar-refractivity contribution >= 4 is 39.9 Å². The lowest BCUT2D eigenvalue weighted by molar-refractivity contribution is -0.121. The van der Waals surface area contributed by atoms with Crippen LogP contribution in [0.1, 0.15) is 69.1 Å². The predicted molar refractivity (Wildman–Crippen MR) is 140 cm³/mol. The number of aliphatic hydroxyl groups is 1. The first kappa shape index (κ1) is 25.2. The van der Waals surface area contributed by atoms with E-state index in [1.807, 2.05) is 13.8 Å². The minimum absolute atomic E-state index is 0.126. The summed E-state index contributed by atoms with van der Waals surface area (Å²) in [4.78, 5) is 14.4. The molecule has 0 saturated carbocycles. The molecular formula is C27H31FN2O4S. The molecule has 0 atom stereocenters. The molecule has 1 heterocycles. The summed E-state index contributed by atoms with van der Waals surface area (Å²) in [6.45, 7) is 7.78. The van der Waals surface area contributed by atoms with E-state index in [1.54, 1.807) is 30.3 Å². The topological polar surface area (TPSA) is 102 Å². The lowest BCUT2D eigenvalue weighted by atomic mass is 9.63. The normalized spacial score (nSPS) is 18.8. The number of fused-ring (bicyclic) bond motifs is 2. The quantitative estimate of drug-likeness (QED) is 0.302. The Balaban J connectivity index is 1.93. The molecule has 2 aromatic carbocycles. The predicted octanol–water partition coefficient (Wildman–Crippen LogP) is 7.49. The molecule has 4 N–H and O–H groups in total. The Morgan fingerprint density at radius 3 is 2.43 bits per heavy atom. The summed E-state index contributed by atoms with van der Waals surface area (Å²) in [6, 6.07) is 9.10. The van der Waals surface area contributed by atoms with E-state index in [-0.39, 0.29) is 27.7 Å². The van der Waals surface area contributed by atoms with Gasteiger partial charge in [0.05, 0.1) is 11.1 Å². The van der Waals surface area contributed by atoms with Crippen molar-refractivity contribution in [2.45, 2.75) is 62.7 Å². The summed E-state index contributed by atoms with van der Waals surface area (Å²) in [5, 5.41) is 14.3. The standard InChI is InChI=1S/C27H31FN2O4S/c1-4-7-13-27(14-8-5-2)20-11-10-18(28)16-19(20)24(31)23(25(27)32)26-29-21-12-9-17(6-3)15-22(21)35(33,34)30-26/h6,9-12,15-16,31,33-34H,3-5,7-8,13-14H2,1-2H3,(H,29,30). The third-order valence-corrected chi connectivity index (χ3v) is 8.17. The van der Waals surface area contributed by atoms with Gasteiger partial charge < -0.3 is 10.4 Å². The molecule has 0 spiro atoms. The number of benzene rings is 2. The van der Waals surface area contributed by atoms with E-state index in [9.17, 15) is 23.4 Å². The van der Waals surface area contributed by atoms with E-state index in [1.165, 1.54) is 12.1 Å². The number of nitrogens with one attached hydrogen (secondary N) is 1. The van der Waals surface area contributed by atoms with Crippen LogP contribution in [0, 0.1) is 5.82 Å². The van der Waals surface area contributed by atoms with Crippen LogP contribution in [-0.4, -0.2) is 25.8 Å². The maximum atomic E-state index is 14.3. The molecule has 2 aliphatic rings. The molecule has 186 valence electrons. The SMILES string of the molecule is C=Cc1ccc2c(c1)S(O)(O)N=C(C1=C(O)c3cc(F)ccc3C(CCCC)(CCCC)C1=O)N2. The van der Waals surface area contributed by atoms with Crippen molar-refractivity contribution < 1.29 is 23.4 Å². The van der Waals surface area contributed by atoms with Gasteiger partial charge in [0.1, 0.15) is 22.0 Å². The number of carbonyl (C=O) groups excluding carboxylic acids is 1. The van der Waals surface area contributed by atoms with Crippen LogP contribution >= 0.6 is 10.8 Å². The molecule has 4 rings (SSSR count). The number of anilines is 1. The highest BCUT2D eigenvalue weighted by atomic mass is 32.3. The molecule has 0 amide bonds. The van der Waals surface area contributed by atoms with Crippen molar-refractivity contribution in [1.29, 1.82) is 0 Å². The Hall–Kier alpha value is -2.94. The Morgan fingerprint density at radius 2 is 1.80 bits per heavy atom. The van der Waals surface area contributed by atoms with Gasteiger partial charge in [-0.15, -0.1) is 4.40 Å². The van der Waals surface area contributed by atoms with Crippen molar-refractivity contribution in [2.75, 3.05) is 5.32 Å². The van der Waals surface area contributed by atoms with Crippen LogP contribution in [-0.2, 0) is 10.2 Å². The third-order valence-electron chi connectivity index (χ3n) is 6.81. The molecule has 1 aliphatic carbocycles. The molecule has 0 radical (unpaired) electrons. The van der Waals surface area contributed by atoms with Crippen LogP contribution in [0.3, 0.4) is 0 Å². The fourth-order valence-electron chi connectivity index (χ4n) is 4.96. The highest BCUT2D eigenvalue weighted by molar-refractivity contribution is 8.23. The van der Waals surface area contributed by atoms with Crippen LogP contribution in [0.5, 0.6) is 0 Å². The van der Waals surface area contributed by atoms with Gasteiger partial charge in [0, 0.05) is 5.56 Å². The number of aliphatic hydroxyl groups excluding tert-OH is 1. The second-order valence-corrected chi connectivity index (χ2v) is 10.7. The van der Waals surface area contributed by atoms with E-state index in [0.717, 1.165) is 25.7 Å². The summed E-state index contributed by atoms with van der Waals surface area (Å²) < 4.78 is 40.2. The molecule has 35 heavy (non-hydrogen) atoms. The van der Waals surface area contributed by atoms with Gasteiger partial charge in [-0.1, -0.05) is 75.1 Å². The van der Waals surface area contributed by atoms with Gasteiger partial charge in [-0.05, 0) is 48.2 Å². The molecule has 1 aliphatic heterocycles. The molecular weight excluding hydrogens is 467 g/mol. The molecule has 2 aromatic rings. The number of amidine groups is 1. The summed E-state index contributed by atoms with van der Waals surface area (Å²) in [5.41, 5.74) is 0.769. The minimum atomic E-state index is -3.67.